The van der Waals surface area contributed by atoms with Crippen molar-refractivity contribution in [2.45, 2.75) is 26.1 Å². The second-order valence-corrected chi connectivity index (χ2v) is 3.19. The lowest BCUT2D eigenvalue weighted by atomic mass is 10.3. The highest BCUT2D eigenvalue weighted by atomic mass is 31.1. The van der Waals surface area contributed by atoms with Gasteiger partial charge in [0.25, 0.3) is 0 Å². The molecule has 1 aromatic carbocycles. The van der Waals surface area contributed by atoms with Crippen molar-refractivity contribution < 1.29 is 13.8 Å². The molecule has 1 atom stereocenters. The second kappa shape index (κ2) is 6.52. The largest absolute Gasteiger partial charge is 0.464 e. The summed E-state index contributed by atoms with van der Waals surface area (Å²) in [6.45, 7) is 2.02. The van der Waals surface area contributed by atoms with E-state index in [1.807, 2.05) is 37.3 Å². The first-order valence-electron chi connectivity index (χ1n) is 4.57. The molecule has 0 aliphatic heterocycles. The molecule has 0 aliphatic carbocycles. The van der Waals surface area contributed by atoms with Crippen molar-refractivity contribution in [1.29, 1.82) is 0 Å². The van der Waals surface area contributed by atoms with E-state index in [2.05, 4.69) is 0 Å². The van der Waals surface area contributed by atoms with Gasteiger partial charge in [0.2, 0.25) is 6.29 Å². The maximum Gasteiger partial charge on any atom is 0.330 e. The van der Waals surface area contributed by atoms with Gasteiger partial charge in [-0.1, -0.05) is 31.5 Å². The van der Waals surface area contributed by atoms with E-state index in [0.29, 0.717) is 0 Å². The number of hydrogen-bond donors (Lipinski definition) is 0. The molecule has 0 N–H and O–H groups in total. The van der Waals surface area contributed by atoms with Crippen LogP contribution in [-0.2, 0) is 9.09 Å². The molecule has 0 bridgehead atoms. The summed E-state index contributed by atoms with van der Waals surface area (Å²) < 4.78 is 20.6. The minimum atomic E-state index is -0.429. The van der Waals surface area contributed by atoms with Gasteiger partial charge >= 0.3 is 8.69 Å². The molecule has 0 spiro atoms. The Morgan fingerprint density at radius 2 is 2.07 bits per heavy atom. The maximum atomic E-state index is 10.3. The van der Waals surface area contributed by atoms with Gasteiger partial charge in [0.1, 0.15) is 5.75 Å². The Morgan fingerprint density at radius 3 is 2.64 bits per heavy atom. The third-order valence-electron chi connectivity index (χ3n) is 1.70. The minimum Gasteiger partial charge on any atom is -0.464 e. The van der Waals surface area contributed by atoms with E-state index in [9.17, 15) is 4.57 Å². The fraction of sp³-hybridized carbons (Fsp3) is 0.400. The lowest BCUT2D eigenvalue weighted by molar-refractivity contribution is 0.00923. The lowest BCUT2D eigenvalue weighted by Gasteiger charge is -2.14. The number of hydrogen-bond acceptors (Lipinski definition) is 3. The maximum absolute atomic E-state index is 10.3. The Morgan fingerprint density at radius 1 is 1.36 bits per heavy atom. The van der Waals surface area contributed by atoms with Crippen LogP contribution in [0.2, 0.25) is 0 Å². The average molecular weight is 212 g/mol. The summed E-state index contributed by atoms with van der Waals surface area (Å²) in [5, 5.41) is 0. The Hall–Kier alpha value is -0.920. The van der Waals surface area contributed by atoms with Gasteiger partial charge in [0, 0.05) is 6.42 Å². The molecule has 0 heterocycles. The molecule has 76 valence electrons. The first-order valence-corrected chi connectivity index (χ1v) is 5.30. The molecule has 1 rings (SSSR count). The molecule has 1 unspecified atom stereocenters. The van der Waals surface area contributed by atoms with Gasteiger partial charge < -0.3 is 4.74 Å². The molecular weight excluding hydrogens is 199 g/mol. The summed E-state index contributed by atoms with van der Waals surface area (Å²) >= 11 is 0. The predicted molar refractivity (Wildman–Crippen MR) is 54.5 cm³/mol. The average Bonchev–Trinajstić information content (AvgIpc) is 2.20. The molecular formula is C10H13O3P. The van der Waals surface area contributed by atoms with Crippen LogP contribution in [0, 0.1) is 0 Å². The first kappa shape index (κ1) is 11.2. The van der Waals surface area contributed by atoms with E-state index in [1.165, 1.54) is 0 Å². The van der Waals surface area contributed by atoms with E-state index in [1.54, 1.807) is 0 Å². The quantitative estimate of drug-likeness (QED) is 0.535. The Kier molecular flexibility index (Phi) is 5.20. The standard InChI is InChI=1S/C10H13O3P/c1-2-6-10(13-14-11)12-9-7-4-3-5-8-9/h3-5,7-8,10H,2,6H2,1H3. The predicted octanol–water partition coefficient (Wildman–Crippen LogP) is 3.41. The molecule has 4 heteroatoms. The summed E-state index contributed by atoms with van der Waals surface area (Å²) in [5.41, 5.74) is 0. The van der Waals surface area contributed by atoms with Gasteiger partial charge in [-0.2, -0.15) is 0 Å². The van der Waals surface area contributed by atoms with Crippen LogP contribution in [0.1, 0.15) is 19.8 Å². The van der Waals surface area contributed by atoms with E-state index >= 15 is 0 Å². The highest BCUT2D eigenvalue weighted by molar-refractivity contribution is 7.17. The summed E-state index contributed by atoms with van der Waals surface area (Å²) in [6.07, 6.45) is 1.22. The third-order valence-corrected chi connectivity index (χ3v) is 2.02. The number of para-hydroxylation sites is 1. The van der Waals surface area contributed by atoms with Crippen molar-refractivity contribution >= 4 is 8.69 Å². The fourth-order valence-corrected chi connectivity index (χ4v) is 1.31. The van der Waals surface area contributed by atoms with Crippen LogP contribution in [0.25, 0.3) is 0 Å². The fourth-order valence-electron chi connectivity index (χ4n) is 1.07. The summed E-state index contributed by atoms with van der Waals surface area (Å²) in [5.74, 6) is 0.731. The van der Waals surface area contributed by atoms with Crippen molar-refractivity contribution in [3.05, 3.63) is 30.3 Å². The van der Waals surface area contributed by atoms with Crippen molar-refractivity contribution in [3.63, 3.8) is 0 Å². The van der Waals surface area contributed by atoms with Crippen LogP contribution in [0.3, 0.4) is 0 Å². The van der Waals surface area contributed by atoms with Crippen LogP contribution in [-0.4, -0.2) is 6.29 Å². The lowest BCUT2D eigenvalue weighted by Crippen LogP contribution is -2.16. The normalized spacial score (nSPS) is 12.6. The summed E-state index contributed by atoms with van der Waals surface area (Å²) in [7, 11) is -0.341. The van der Waals surface area contributed by atoms with Crippen molar-refractivity contribution in [3.8, 4) is 5.75 Å². The molecule has 0 fully saturated rings. The van der Waals surface area contributed by atoms with Crippen LogP contribution in [0.5, 0.6) is 5.75 Å². The molecule has 14 heavy (non-hydrogen) atoms. The van der Waals surface area contributed by atoms with Crippen molar-refractivity contribution in [2.24, 2.45) is 0 Å². The molecule has 3 nitrogen and oxygen atoms in total. The summed E-state index contributed by atoms with van der Waals surface area (Å²) in [6, 6.07) is 9.36. The van der Waals surface area contributed by atoms with E-state index in [0.717, 1.165) is 18.6 Å². The molecule has 0 radical (unpaired) electrons. The number of rotatable bonds is 6. The molecule has 0 saturated carbocycles. The van der Waals surface area contributed by atoms with Crippen LogP contribution in [0.4, 0.5) is 0 Å². The van der Waals surface area contributed by atoms with Crippen LogP contribution < -0.4 is 4.74 Å². The van der Waals surface area contributed by atoms with E-state index in [4.69, 9.17) is 9.26 Å². The van der Waals surface area contributed by atoms with Crippen LogP contribution >= 0.6 is 8.69 Å². The zero-order valence-electron chi connectivity index (χ0n) is 8.05. The van der Waals surface area contributed by atoms with Gasteiger partial charge in [-0.25, -0.2) is 4.57 Å². The molecule has 1 aromatic rings. The van der Waals surface area contributed by atoms with Gasteiger partial charge in [0.05, 0.1) is 0 Å². The highest BCUT2D eigenvalue weighted by Gasteiger charge is 2.09. The highest BCUT2D eigenvalue weighted by Crippen LogP contribution is 2.16. The smallest absolute Gasteiger partial charge is 0.330 e. The van der Waals surface area contributed by atoms with Gasteiger partial charge in [-0.3, -0.25) is 4.52 Å². The molecule has 0 aromatic heterocycles. The molecule has 0 aliphatic rings. The Bertz CT molecular complexity index is 263. The Labute approximate surface area is 85.3 Å². The second-order valence-electron chi connectivity index (χ2n) is 2.83. The van der Waals surface area contributed by atoms with Crippen molar-refractivity contribution in [1.82, 2.24) is 0 Å². The molecule has 0 amide bonds. The monoisotopic (exact) mass is 212 g/mol. The Balaban J connectivity index is 2.50. The first-order chi connectivity index (χ1) is 6.86. The van der Waals surface area contributed by atoms with Crippen LogP contribution in [0.15, 0.2) is 30.3 Å². The van der Waals surface area contributed by atoms with Crippen molar-refractivity contribution in [2.75, 3.05) is 0 Å². The zero-order valence-corrected chi connectivity index (χ0v) is 8.94. The third kappa shape index (κ3) is 3.86. The SMILES string of the molecule is CCCC(OP=O)Oc1ccccc1. The summed E-state index contributed by atoms with van der Waals surface area (Å²) in [4.78, 5) is 0. The number of benzene rings is 1. The van der Waals surface area contributed by atoms with E-state index < -0.39 is 6.29 Å². The molecule has 0 saturated heterocycles. The number of ether oxygens (including phenoxy) is 1. The topological polar surface area (TPSA) is 35.5 Å². The minimum absolute atomic E-state index is 0.341. The zero-order chi connectivity index (χ0) is 10.2. The van der Waals surface area contributed by atoms with E-state index in [-0.39, 0.29) is 8.69 Å². The van der Waals surface area contributed by atoms with Gasteiger partial charge in [-0.05, 0) is 12.1 Å². The van der Waals surface area contributed by atoms with Gasteiger partial charge in [-0.15, -0.1) is 0 Å². The van der Waals surface area contributed by atoms with Gasteiger partial charge in [0.15, 0.2) is 0 Å².